The fourth-order valence-electron chi connectivity index (χ4n) is 2.95. The number of Topliss-reactive ketones (excluding diaryl/α,β-unsaturated/α-hetero) is 1. The lowest BCUT2D eigenvalue weighted by Crippen LogP contribution is -2.29. The molecule has 1 amide bonds. The van der Waals surface area contributed by atoms with Crippen molar-refractivity contribution >= 4 is 17.4 Å². The molecule has 0 spiro atoms. The van der Waals surface area contributed by atoms with E-state index in [4.69, 9.17) is 14.2 Å². The first-order valence-electron chi connectivity index (χ1n) is 7.76. The van der Waals surface area contributed by atoms with Gasteiger partial charge in [-0.15, -0.1) is 0 Å². The van der Waals surface area contributed by atoms with E-state index in [2.05, 4.69) is 0 Å². The van der Waals surface area contributed by atoms with Crippen LogP contribution in [0.25, 0.3) is 0 Å². The quantitative estimate of drug-likeness (QED) is 0.783. The normalized spacial score (nSPS) is 13.0. The maximum Gasteiger partial charge on any atom is 0.299 e. The average Bonchev–Trinajstić information content (AvgIpc) is 2.86. The average molecular weight is 341 g/mol. The molecule has 25 heavy (non-hydrogen) atoms. The molecule has 1 aliphatic rings. The molecule has 2 aromatic carbocycles. The number of anilines is 1. The van der Waals surface area contributed by atoms with Crippen LogP contribution in [0.5, 0.6) is 17.2 Å². The zero-order chi connectivity index (χ0) is 18.1. The van der Waals surface area contributed by atoms with Crippen LogP contribution in [0.2, 0.25) is 0 Å². The third-order valence-corrected chi connectivity index (χ3v) is 4.23. The molecule has 6 heteroatoms. The minimum absolute atomic E-state index is 0.206. The van der Waals surface area contributed by atoms with Crippen LogP contribution in [0.3, 0.4) is 0 Å². The van der Waals surface area contributed by atoms with E-state index in [1.807, 2.05) is 31.2 Å². The molecule has 0 fully saturated rings. The van der Waals surface area contributed by atoms with E-state index >= 15 is 0 Å². The zero-order valence-electron chi connectivity index (χ0n) is 14.6. The molecule has 1 heterocycles. The Labute approximate surface area is 145 Å². The molecule has 2 aromatic rings. The van der Waals surface area contributed by atoms with Gasteiger partial charge in [-0.3, -0.25) is 9.59 Å². The molecular weight excluding hydrogens is 322 g/mol. The monoisotopic (exact) mass is 341 g/mol. The van der Waals surface area contributed by atoms with Gasteiger partial charge in [0, 0.05) is 6.07 Å². The maximum absolute atomic E-state index is 12.5. The van der Waals surface area contributed by atoms with Crippen molar-refractivity contribution in [1.82, 2.24) is 0 Å². The smallest absolute Gasteiger partial charge is 0.299 e. The highest BCUT2D eigenvalue weighted by Crippen LogP contribution is 2.48. The van der Waals surface area contributed by atoms with Crippen molar-refractivity contribution in [2.45, 2.75) is 13.5 Å². The van der Waals surface area contributed by atoms with Crippen molar-refractivity contribution in [3.63, 3.8) is 0 Å². The van der Waals surface area contributed by atoms with Gasteiger partial charge in [0.25, 0.3) is 11.7 Å². The fraction of sp³-hybridized carbons (Fsp3) is 0.263. The van der Waals surface area contributed by atoms with Crippen LogP contribution >= 0.6 is 0 Å². The summed E-state index contributed by atoms with van der Waals surface area (Å²) in [6, 6.07) is 9.43. The minimum atomic E-state index is -0.611. The highest BCUT2D eigenvalue weighted by Gasteiger charge is 2.41. The number of ether oxygens (including phenoxy) is 3. The number of hydrogen-bond acceptors (Lipinski definition) is 5. The van der Waals surface area contributed by atoms with Crippen LogP contribution < -0.4 is 19.1 Å². The standard InChI is InChI=1S/C19H19NO5/c1-11-5-7-12(8-6-11)10-20-13-9-14(23-2)17(24-3)18(25-4)15(13)16(21)19(20)22/h5-9H,10H2,1-4H3. The van der Waals surface area contributed by atoms with Crippen molar-refractivity contribution in [2.24, 2.45) is 0 Å². The van der Waals surface area contributed by atoms with Gasteiger partial charge < -0.3 is 19.1 Å². The Morgan fingerprint density at radius 3 is 2.12 bits per heavy atom. The number of fused-ring (bicyclic) bond motifs is 1. The van der Waals surface area contributed by atoms with Gasteiger partial charge in [-0.1, -0.05) is 29.8 Å². The Balaban J connectivity index is 2.12. The second-order valence-corrected chi connectivity index (χ2v) is 5.75. The molecule has 0 unspecified atom stereocenters. The van der Waals surface area contributed by atoms with Gasteiger partial charge in [0.2, 0.25) is 5.75 Å². The summed E-state index contributed by atoms with van der Waals surface area (Å²) in [5.74, 6) is -0.303. The Morgan fingerprint density at radius 1 is 0.920 bits per heavy atom. The zero-order valence-corrected chi connectivity index (χ0v) is 14.6. The number of nitrogens with zero attached hydrogens (tertiary/aromatic N) is 1. The van der Waals surface area contributed by atoms with Gasteiger partial charge in [-0.2, -0.15) is 0 Å². The maximum atomic E-state index is 12.5. The van der Waals surface area contributed by atoms with Crippen molar-refractivity contribution < 1.29 is 23.8 Å². The highest BCUT2D eigenvalue weighted by molar-refractivity contribution is 6.53. The largest absolute Gasteiger partial charge is 0.493 e. The van der Waals surface area contributed by atoms with Crippen molar-refractivity contribution in [3.8, 4) is 17.2 Å². The second kappa shape index (κ2) is 6.47. The SMILES string of the molecule is COc1cc2c(c(OC)c1OC)C(=O)C(=O)N2Cc1ccc(C)cc1. The summed E-state index contributed by atoms with van der Waals surface area (Å²) < 4.78 is 16.0. The molecule has 0 bridgehead atoms. The van der Waals surface area contributed by atoms with Crippen LogP contribution in [-0.4, -0.2) is 33.0 Å². The Hall–Kier alpha value is -3.02. The summed E-state index contributed by atoms with van der Waals surface area (Å²) in [5.41, 5.74) is 2.72. The van der Waals surface area contributed by atoms with Gasteiger partial charge in [0.1, 0.15) is 0 Å². The van der Waals surface area contributed by atoms with Crippen LogP contribution in [0.15, 0.2) is 30.3 Å². The molecule has 1 aliphatic heterocycles. The first kappa shape index (κ1) is 16.8. The first-order valence-corrected chi connectivity index (χ1v) is 7.76. The van der Waals surface area contributed by atoms with Crippen LogP contribution in [0, 0.1) is 6.92 Å². The van der Waals surface area contributed by atoms with Gasteiger partial charge in [-0.05, 0) is 12.5 Å². The van der Waals surface area contributed by atoms with Gasteiger partial charge in [-0.25, -0.2) is 0 Å². The molecule has 0 radical (unpaired) electrons. The molecule has 0 atom stereocenters. The predicted molar refractivity (Wildman–Crippen MR) is 92.8 cm³/mol. The summed E-state index contributed by atoms with van der Waals surface area (Å²) in [6.07, 6.45) is 0. The molecule has 3 rings (SSSR count). The number of amides is 1. The third kappa shape index (κ3) is 2.69. The summed E-state index contributed by atoms with van der Waals surface area (Å²) >= 11 is 0. The van der Waals surface area contributed by atoms with E-state index < -0.39 is 11.7 Å². The van der Waals surface area contributed by atoms with E-state index in [1.165, 1.54) is 26.2 Å². The molecule has 0 aromatic heterocycles. The second-order valence-electron chi connectivity index (χ2n) is 5.75. The van der Waals surface area contributed by atoms with E-state index in [1.54, 1.807) is 6.07 Å². The summed E-state index contributed by atoms with van der Waals surface area (Å²) in [4.78, 5) is 26.5. The Bertz CT molecular complexity index is 842. The number of aryl methyl sites for hydroxylation is 1. The van der Waals surface area contributed by atoms with Gasteiger partial charge in [0.15, 0.2) is 11.5 Å². The van der Waals surface area contributed by atoms with E-state index in [0.717, 1.165) is 11.1 Å². The van der Waals surface area contributed by atoms with E-state index in [0.29, 0.717) is 17.2 Å². The molecule has 0 aliphatic carbocycles. The molecule has 0 saturated carbocycles. The third-order valence-electron chi connectivity index (χ3n) is 4.23. The Kier molecular flexibility index (Phi) is 4.35. The lowest BCUT2D eigenvalue weighted by molar-refractivity contribution is -0.114. The Morgan fingerprint density at radius 2 is 1.56 bits per heavy atom. The molecule has 0 saturated heterocycles. The lowest BCUT2D eigenvalue weighted by atomic mass is 10.1. The lowest BCUT2D eigenvalue weighted by Gasteiger charge is -2.19. The molecular formula is C19H19NO5. The van der Waals surface area contributed by atoms with E-state index in [9.17, 15) is 9.59 Å². The molecule has 0 N–H and O–H groups in total. The number of rotatable bonds is 5. The summed E-state index contributed by atoms with van der Waals surface area (Å²) in [5, 5.41) is 0. The van der Waals surface area contributed by atoms with Gasteiger partial charge >= 0.3 is 0 Å². The fourth-order valence-corrected chi connectivity index (χ4v) is 2.95. The number of benzene rings is 2. The van der Waals surface area contributed by atoms with Crippen LogP contribution in [0.1, 0.15) is 21.5 Å². The molecule has 6 nitrogen and oxygen atoms in total. The van der Waals surface area contributed by atoms with Crippen molar-refractivity contribution in [3.05, 3.63) is 47.0 Å². The number of ketones is 1. The highest BCUT2D eigenvalue weighted by atomic mass is 16.5. The van der Waals surface area contributed by atoms with Crippen molar-refractivity contribution in [1.29, 1.82) is 0 Å². The first-order chi connectivity index (χ1) is 12.0. The number of hydrogen-bond donors (Lipinski definition) is 0. The van der Waals surface area contributed by atoms with Crippen LogP contribution in [-0.2, 0) is 11.3 Å². The van der Waals surface area contributed by atoms with Crippen molar-refractivity contribution in [2.75, 3.05) is 26.2 Å². The topological polar surface area (TPSA) is 65.1 Å². The van der Waals surface area contributed by atoms with Gasteiger partial charge in [0.05, 0.1) is 39.1 Å². The molecule has 130 valence electrons. The minimum Gasteiger partial charge on any atom is -0.493 e. The van der Waals surface area contributed by atoms with E-state index in [-0.39, 0.29) is 17.9 Å². The number of methoxy groups -OCH3 is 3. The van der Waals surface area contributed by atoms with Crippen LogP contribution in [0.4, 0.5) is 5.69 Å². The number of carbonyl (C=O) groups is 2. The predicted octanol–water partition coefficient (Wildman–Crippen LogP) is 2.75. The summed E-state index contributed by atoms with van der Waals surface area (Å²) in [6.45, 7) is 2.28. The number of carbonyl (C=O) groups excluding carboxylic acids is 2. The summed E-state index contributed by atoms with van der Waals surface area (Å²) in [7, 11) is 4.38.